The van der Waals surface area contributed by atoms with Gasteiger partial charge >= 0.3 is 5.69 Å². The molecule has 0 amide bonds. The average Bonchev–Trinajstić information content (AvgIpc) is 3.52. The molecular formula is C19H23FN4O3. The molecule has 7 nitrogen and oxygen atoms in total. The van der Waals surface area contributed by atoms with Gasteiger partial charge in [-0.2, -0.15) is 0 Å². The van der Waals surface area contributed by atoms with Crippen LogP contribution in [0.5, 0.6) is 0 Å². The highest BCUT2D eigenvalue weighted by molar-refractivity contribution is 5.97. The molecular weight excluding hydrogens is 351 g/mol. The Morgan fingerprint density at radius 2 is 2.04 bits per heavy atom. The highest BCUT2D eigenvalue weighted by Gasteiger charge is 2.55. The van der Waals surface area contributed by atoms with Gasteiger partial charge in [0.15, 0.2) is 5.82 Å². The molecule has 4 N–H and O–H groups in total. The second-order valence-corrected chi connectivity index (χ2v) is 8.41. The molecule has 1 aliphatic heterocycles. The summed E-state index contributed by atoms with van der Waals surface area (Å²) in [5.74, 6) is -0.501. The van der Waals surface area contributed by atoms with Crippen LogP contribution >= 0.6 is 0 Å². The minimum Gasteiger partial charge on any atom is -0.396 e. The van der Waals surface area contributed by atoms with E-state index in [1.807, 2.05) is 4.90 Å². The van der Waals surface area contributed by atoms with E-state index in [1.54, 1.807) is 11.5 Å². The lowest BCUT2D eigenvalue weighted by Gasteiger charge is -2.25. The average molecular weight is 374 g/mol. The van der Waals surface area contributed by atoms with Crippen LogP contribution in [-0.2, 0) is 0 Å². The van der Waals surface area contributed by atoms with Gasteiger partial charge < -0.3 is 15.7 Å². The highest BCUT2D eigenvalue weighted by atomic mass is 19.1. The van der Waals surface area contributed by atoms with E-state index in [2.05, 4.69) is 4.98 Å². The lowest BCUT2D eigenvalue weighted by Crippen LogP contribution is -2.32. The van der Waals surface area contributed by atoms with Gasteiger partial charge in [0.25, 0.3) is 5.56 Å². The predicted molar refractivity (Wildman–Crippen MR) is 101 cm³/mol. The third-order valence-electron chi connectivity index (χ3n) is 6.72. The lowest BCUT2D eigenvalue weighted by molar-refractivity contribution is 0.197. The second-order valence-electron chi connectivity index (χ2n) is 8.41. The van der Waals surface area contributed by atoms with Crippen molar-refractivity contribution in [3.8, 4) is 0 Å². The molecule has 144 valence electrons. The Morgan fingerprint density at radius 1 is 1.33 bits per heavy atom. The molecule has 2 aliphatic carbocycles. The minimum atomic E-state index is -0.647. The van der Waals surface area contributed by atoms with Crippen molar-refractivity contribution < 1.29 is 9.50 Å². The fourth-order valence-electron chi connectivity index (χ4n) is 4.92. The first-order valence-corrected chi connectivity index (χ1v) is 9.50. The molecule has 2 aromatic rings. The van der Waals surface area contributed by atoms with Gasteiger partial charge in [-0.15, -0.1) is 0 Å². The number of aromatic amines is 1. The maximum atomic E-state index is 15.3. The van der Waals surface area contributed by atoms with Crippen molar-refractivity contribution in [1.82, 2.24) is 9.55 Å². The zero-order chi connectivity index (χ0) is 19.1. The van der Waals surface area contributed by atoms with E-state index in [0.29, 0.717) is 29.9 Å². The third-order valence-corrected chi connectivity index (χ3v) is 6.72. The molecule has 1 atom stereocenters. The van der Waals surface area contributed by atoms with Crippen LogP contribution in [0.4, 0.5) is 15.8 Å². The SMILES string of the molecule is Cc1c(N2CC(CO)C3(CC3)C2)c(F)c(N)c2c(=O)[nH]c(=O)n(C3CC3)c12. The van der Waals surface area contributed by atoms with Crippen molar-refractivity contribution in [3.63, 3.8) is 0 Å². The van der Waals surface area contributed by atoms with Crippen molar-refractivity contribution in [3.05, 3.63) is 32.2 Å². The molecule has 1 aromatic heterocycles. The molecule has 2 heterocycles. The van der Waals surface area contributed by atoms with Gasteiger partial charge in [-0.3, -0.25) is 14.3 Å². The number of nitrogens with zero attached hydrogens (tertiary/aromatic N) is 2. The normalized spacial score (nSPS) is 23.5. The molecule has 27 heavy (non-hydrogen) atoms. The van der Waals surface area contributed by atoms with Gasteiger partial charge in [0.2, 0.25) is 0 Å². The Hall–Kier alpha value is -2.35. The van der Waals surface area contributed by atoms with E-state index in [4.69, 9.17) is 5.73 Å². The van der Waals surface area contributed by atoms with Crippen molar-refractivity contribution in [2.75, 3.05) is 30.3 Å². The quantitative estimate of drug-likeness (QED) is 0.702. The highest BCUT2D eigenvalue weighted by Crippen LogP contribution is 2.57. The Morgan fingerprint density at radius 3 is 2.59 bits per heavy atom. The Balaban J connectivity index is 1.78. The number of nitrogens with two attached hydrogens (primary N) is 1. The van der Waals surface area contributed by atoms with Gasteiger partial charge in [0.1, 0.15) is 0 Å². The number of aliphatic hydroxyl groups excluding tert-OH is 1. The number of rotatable bonds is 3. The zero-order valence-electron chi connectivity index (χ0n) is 15.2. The van der Waals surface area contributed by atoms with Gasteiger partial charge in [-0.05, 0) is 38.0 Å². The number of nitrogens with one attached hydrogen (secondary N) is 1. The number of aromatic nitrogens is 2. The summed E-state index contributed by atoms with van der Waals surface area (Å²) in [4.78, 5) is 29.1. The maximum absolute atomic E-state index is 15.3. The molecule has 0 radical (unpaired) electrons. The van der Waals surface area contributed by atoms with Crippen molar-refractivity contribution in [2.45, 2.75) is 38.6 Å². The molecule has 3 aliphatic rings. The summed E-state index contributed by atoms with van der Waals surface area (Å²) in [5, 5.41) is 9.79. The van der Waals surface area contributed by atoms with Crippen LogP contribution in [0.1, 0.15) is 37.3 Å². The first-order valence-electron chi connectivity index (χ1n) is 9.50. The second kappa shape index (κ2) is 5.34. The molecule has 1 saturated heterocycles. The van der Waals surface area contributed by atoms with Crippen LogP contribution in [0, 0.1) is 24.1 Å². The summed E-state index contributed by atoms with van der Waals surface area (Å²) < 4.78 is 16.9. The van der Waals surface area contributed by atoms with E-state index < -0.39 is 17.1 Å². The Bertz CT molecular complexity index is 1080. The number of aliphatic hydroxyl groups is 1. The van der Waals surface area contributed by atoms with E-state index in [0.717, 1.165) is 25.7 Å². The van der Waals surface area contributed by atoms with Crippen molar-refractivity contribution >= 4 is 22.3 Å². The zero-order valence-corrected chi connectivity index (χ0v) is 15.2. The fourth-order valence-corrected chi connectivity index (χ4v) is 4.92. The number of aryl methyl sites for hydroxylation is 1. The van der Waals surface area contributed by atoms with Crippen LogP contribution in [0.25, 0.3) is 10.9 Å². The Labute approximate surface area is 154 Å². The third kappa shape index (κ3) is 2.22. The first-order chi connectivity index (χ1) is 12.9. The van der Waals surface area contributed by atoms with Crippen molar-refractivity contribution in [1.29, 1.82) is 0 Å². The van der Waals surface area contributed by atoms with Crippen LogP contribution in [0.15, 0.2) is 9.59 Å². The van der Waals surface area contributed by atoms with E-state index in [9.17, 15) is 14.7 Å². The van der Waals surface area contributed by atoms with Crippen LogP contribution in [0.2, 0.25) is 0 Å². The van der Waals surface area contributed by atoms with Gasteiger partial charge in [-0.1, -0.05) is 0 Å². The number of benzene rings is 1. The lowest BCUT2D eigenvalue weighted by atomic mass is 9.94. The number of halogens is 1. The topological polar surface area (TPSA) is 104 Å². The molecule has 5 rings (SSSR count). The Kier molecular flexibility index (Phi) is 3.32. The minimum absolute atomic E-state index is 0.0202. The smallest absolute Gasteiger partial charge is 0.329 e. The van der Waals surface area contributed by atoms with Gasteiger partial charge in [-0.25, -0.2) is 9.18 Å². The van der Waals surface area contributed by atoms with Crippen LogP contribution in [0.3, 0.4) is 0 Å². The number of H-pyrrole nitrogens is 1. The summed E-state index contributed by atoms with van der Waals surface area (Å²) in [7, 11) is 0. The summed E-state index contributed by atoms with van der Waals surface area (Å²) in [5.41, 5.74) is 6.17. The van der Waals surface area contributed by atoms with Crippen molar-refractivity contribution in [2.24, 2.45) is 11.3 Å². The summed E-state index contributed by atoms with van der Waals surface area (Å²) >= 11 is 0. The first kappa shape index (κ1) is 16.8. The molecule has 1 spiro atoms. The molecule has 1 unspecified atom stereocenters. The fraction of sp³-hybridized carbons (Fsp3) is 0.579. The van der Waals surface area contributed by atoms with E-state index in [1.165, 1.54) is 0 Å². The molecule has 8 heteroatoms. The predicted octanol–water partition coefficient (Wildman–Crippen LogP) is 1.26. The number of hydrogen-bond donors (Lipinski definition) is 3. The molecule has 2 saturated carbocycles. The number of fused-ring (bicyclic) bond motifs is 1. The molecule has 1 aromatic carbocycles. The summed E-state index contributed by atoms with van der Waals surface area (Å²) in [6, 6.07) is 0.0202. The largest absolute Gasteiger partial charge is 0.396 e. The van der Waals surface area contributed by atoms with E-state index in [-0.39, 0.29) is 35.1 Å². The monoisotopic (exact) mass is 374 g/mol. The number of hydrogen-bond acceptors (Lipinski definition) is 5. The number of anilines is 2. The van der Waals surface area contributed by atoms with Gasteiger partial charge in [0, 0.05) is 37.2 Å². The number of nitrogen functional groups attached to an aromatic ring is 1. The summed E-state index contributed by atoms with van der Waals surface area (Å²) in [6.45, 7) is 3.05. The molecule has 3 fully saturated rings. The maximum Gasteiger partial charge on any atom is 0.329 e. The van der Waals surface area contributed by atoms with Crippen LogP contribution in [-0.4, -0.2) is 34.4 Å². The van der Waals surface area contributed by atoms with E-state index >= 15 is 4.39 Å². The standard InChI is InChI=1S/C19H23FN4O3/c1-9-15-12(17(26)22-18(27)24(15)11-2-3-11)14(21)13(20)16(9)23-6-10(7-25)19(8-23)4-5-19/h10-11,25H,2-8,21H2,1H3,(H,22,26,27). The molecule has 0 bridgehead atoms. The summed E-state index contributed by atoms with van der Waals surface area (Å²) in [6.07, 6.45) is 3.77. The van der Waals surface area contributed by atoms with Crippen LogP contribution < -0.4 is 21.9 Å². The van der Waals surface area contributed by atoms with Gasteiger partial charge in [0.05, 0.1) is 22.3 Å².